The maximum absolute atomic E-state index is 11.6. The smallest absolute Gasteiger partial charge is 0.227 e. The van der Waals surface area contributed by atoms with E-state index in [1.807, 2.05) is 31.2 Å². The van der Waals surface area contributed by atoms with E-state index in [2.05, 4.69) is 20.2 Å². The van der Waals surface area contributed by atoms with Crippen LogP contribution in [0.5, 0.6) is 0 Å². The molecule has 0 radical (unpaired) electrons. The van der Waals surface area contributed by atoms with Crippen molar-refractivity contribution in [1.82, 2.24) is 9.97 Å². The number of anilines is 3. The third kappa shape index (κ3) is 3.94. The fourth-order valence-electron chi connectivity index (χ4n) is 3.56. The highest BCUT2D eigenvalue weighted by atomic mass is 16.7. The Morgan fingerprint density at radius 3 is 2.59 bits per heavy atom. The van der Waals surface area contributed by atoms with Gasteiger partial charge in [-0.1, -0.05) is 12.1 Å². The van der Waals surface area contributed by atoms with Crippen molar-refractivity contribution in [2.24, 2.45) is 0 Å². The molecule has 7 heteroatoms. The number of aromatic nitrogens is 2. The summed E-state index contributed by atoms with van der Waals surface area (Å²) in [6.45, 7) is 6.46. The maximum atomic E-state index is 11.6. The summed E-state index contributed by atoms with van der Waals surface area (Å²) in [5, 5.41) is 3.29. The molecule has 0 amide bonds. The third-order valence-corrected chi connectivity index (χ3v) is 5.01. The Morgan fingerprint density at radius 2 is 1.89 bits per heavy atom. The summed E-state index contributed by atoms with van der Waals surface area (Å²) in [6.07, 6.45) is 1.63. The van der Waals surface area contributed by atoms with Gasteiger partial charge in [0.05, 0.1) is 13.2 Å². The molecule has 0 aliphatic carbocycles. The first-order valence-electron chi connectivity index (χ1n) is 9.30. The highest BCUT2D eigenvalue weighted by molar-refractivity contribution is 5.95. The van der Waals surface area contributed by atoms with Crippen molar-refractivity contribution >= 4 is 23.2 Å². The second-order valence-corrected chi connectivity index (χ2v) is 7.05. The van der Waals surface area contributed by atoms with Crippen molar-refractivity contribution in [2.75, 3.05) is 36.5 Å². The first-order valence-corrected chi connectivity index (χ1v) is 9.30. The van der Waals surface area contributed by atoms with E-state index in [1.165, 1.54) is 0 Å². The highest BCUT2D eigenvalue weighted by Crippen LogP contribution is 2.32. The maximum Gasteiger partial charge on any atom is 0.227 e. The van der Waals surface area contributed by atoms with Gasteiger partial charge in [0.25, 0.3) is 0 Å². The van der Waals surface area contributed by atoms with Crippen LogP contribution in [0.4, 0.5) is 17.5 Å². The first-order chi connectivity index (χ1) is 13.0. The molecule has 7 nitrogen and oxygen atoms in total. The number of benzene rings is 1. The molecular formula is C20H24N4O3. The van der Waals surface area contributed by atoms with Gasteiger partial charge in [0.2, 0.25) is 5.95 Å². The number of hydrogen-bond acceptors (Lipinski definition) is 7. The van der Waals surface area contributed by atoms with E-state index < -0.39 is 5.79 Å². The number of ether oxygens (including phenoxy) is 2. The van der Waals surface area contributed by atoms with Gasteiger partial charge in [-0.15, -0.1) is 0 Å². The fourth-order valence-corrected chi connectivity index (χ4v) is 3.56. The molecule has 142 valence electrons. The molecule has 0 bridgehead atoms. The molecule has 1 aromatic heterocycles. The van der Waals surface area contributed by atoms with Crippen LogP contribution in [0.15, 0.2) is 30.3 Å². The molecule has 2 aliphatic heterocycles. The molecule has 2 aliphatic rings. The number of hydrogen-bond donors (Lipinski definition) is 1. The number of ketones is 1. The minimum atomic E-state index is -0.408. The minimum Gasteiger partial charge on any atom is -0.347 e. The largest absolute Gasteiger partial charge is 0.347 e. The van der Waals surface area contributed by atoms with E-state index >= 15 is 0 Å². The van der Waals surface area contributed by atoms with Gasteiger partial charge in [-0.25, -0.2) is 4.98 Å². The van der Waals surface area contributed by atoms with Crippen molar-refractivity contribution in [3.63, 3.8) is 0 Å². The summed E-state index contributed by atoms with van der Waals surface area (Å²) < 4.78 is 11.6. The fraction of sp³-hybridized carbons (Fsp3) is 0.450. The van der Waals surface area contributed by atoms with Gasteiger partial charge >= 0.3 is 0 Å². The standard InChI is InChI=1S/C20H24N4O3/c1-14-12-18(22-17-5-3-4-16(13-17)15(2)25)23-19(21-14)24-8-6-20(7-9-24)26-10-11-27-20/h3-5,12-13H,6-11H2,1-2H3,(H,21,22,23). The lowest BCUT2D eigenvalue weighted by Crippen LogP contribution is -2.45. The van der Waals surface area contributed by atoms with Gasteiger partial charge in [-0.05, 0) is 26.0 Å². The van der Waals surface area contributed by atoms with E-state index in [4.69, 9.17) is 9.47 Å². The summed E-state index contributed by atoms with van der Waals surface area (Å²) >= 11 is 0. The number of nitrogens with one attached hydrogen (secondary N) is 1. The number of carbonyl (C=O) groups excluding carboxylic acids is 1. The van der Waals surface area contributed by atoms with Gasteiger partial charge in [-0.2, -0.15) is 4.98 Å². The van der Waals surface area contributed by atoms with Crippen molar-refractivity contribution in [3.05, 3.63) is 41.6 Å². The van der Waals surface area contributed by atoms with Crippen LogP contribution in [0.25, 0.3) is 0 Å². The Labute approximate surface area is 158 Å². The molecular weight excluding hydrogens is 344 g/mol. The number of Topliss-reactive ketones (excluding diaryl/α,β-unsaturated/α-hetero) is 1. The zero-order valence-corrected chi connectivity index (χ0v) is 15.7. The zero-order valence-electron chi connectivity index (χ0n) is 15.7. The molecule has 2 aromatic rings. The quantitative estimate of drug-likeness (QED) is 0.831. The lowest BCUT2D eigenvalue weighted by molar-refractivity contribution is -0.169. The zero-order chi connectivity index (χ0) is 18.9. The average Bonchev–Trinajstić information content (AvgIpc) is 3.10. The summed E-state index contributed by atoms with van der Waals surface area (Å²) in [6, 6.07) is 9.32. The van der Waals surface area contributed by atoms with E-state index in [0.717, 1.165) is 37.3 Å². The molecule has 1 spiro atoms. The van der Waals surface area contributed by atoms with E-state index in [1.54, 1.807) is 13.0 Å². The van der Waals surface area contributed by atoms with E-state index in [0.29, 0.717) is 30.5 Å². The Hall–Kier alpha value is -2.51. The van der Waals surface area contributed by atoms with Crippen LogP contribution < -0.4 is 10.2 Å². The van der Waals surface area contributed by atoms with Gasteiger partial charge in [0.1, 0.15) is 5.82 Å². The van der Waals surface area contributed by atoms with E-state index in [-0.39, 0.29) is 5.78 Å². The normalized spacial score (nSPS) is 18.7. The molecule has 1 aromatic carbocycles. The van der Waals surface area contributed by atoms with Crippen LogP contribution in [0.2, 0.25) is 0 Å². The van der Waals surface area contributed by atoms with E-state index in [9.17, 15) is 4.79 Å². The molecule has 4 rings (SSSR count). The van der Waals surface area contributed by atoms with Crippen molar-refractivity contribution in [2.45, 2.75) is 32.5 Å². The van der Waals surface area contributed by atoms with Crippen LogP contribution in [-0.4, -0.2) is 47.8 Å². The number of carbonyl (C=O) groups is 1. The van der Waals surface area contributed by atoms with Crippen molar-refractivity contribution in [3.8, 4) is 0 Å². The third-order valence-electron chi connectivity index (χ3n) is 5.01. The SMILES string of the molecule is CC(=O)c1cccc(Nc2cc(C)nc(N3CCC4(CC3)OCCO4)n2)c1. The number of rotatable bonds is 4. The van der Waals surface area contributed by atoms with Gasteiger partial charge in [-0.3, -0.25) is 4.79 Å². The Kier molecular flexibility index (Phi) is 4.80. The molecule has 3 heterocycles. The van der Waals surface area contributed by atoms with Gasteiger partial charge < -0.3 is 19.7 Å². The predicted octanol–water partition coefficient (Wildman–Crippen LogP) is 3.07. The second-order valence-electron chi connectivity index (χ2n) is 7.05. The monoisotopic (exact) mass is 368 g/mol. The summed E-state index contributed by atoms with van der Waals surface area (Å²) in [5.41, 5.74) is 2.39. The Balaban J connectivity index is 1.50. The lowest BCUT2D eigenvalue weighted by atomic mass is 10.0. The summed E-state index contributed by atoms with van der Waals surface area (Å²) in [4.78, 5) is 23.0. The van der Waals surface area contributed by atoms with Crippen LogP contribution in [0.3, 0.4) is 0 Å². The van der Waals surface area contributed by atoms with Gasteiger partial charge in [0.15, 0.2) is 11.6 Å². The molecule has 0 unspecified atom stereocenters. The second kappa shape index (κ2) is 7.25. The Morgan fingerprint density at radius 1 is 1.15 bits per heavy atom. The van der Waals surface area contributed by atoms with Crippen LogP contribution in [-0.2, 0) is 9.47 Å². The minimum absolute atomic E-state index is 0.0387. The molecule has 2 saturated heterocycles. The van der Waals surface area contributed by atoms with Crippen LogP contribution >= 0.6 is 0 Å². The summed E-state index contributed by atoms with van der Waals surface area (Å²) in [7, 11) is 0. The average molecular weight is 368 g/mol. The molecule has 0 atom stereocenters. The van der Waals surface area contributed by atoms with Crippen molar-refractivity contribution < 1.29 is 14.3 Å². The highest BCUT2D eigenvalue weighted by Gasteiger charge is 2.40. The number of piperidine rings is 1. The topological polar surface area (TPSA) is 76.6 Å². The Bertz CT molecular complexity index is 839. The number of aryl methyl sites for hydroxylation is 1. The molecule has 27 heavy (non-hydrogen) atoms. The first kappa shape index (κ1) is 17.9. The van der Waals surface area contributed by atoms with Crippen LogP contribution in [0, 0.1) is 6.92 Å². The lowest BCUT2D eigenvalue weighted by Gasteiger charge is -2.37. The molecule has 1 N–H and O–H groups in total. The van der Waals surface area contributed by atoms with Gasteiger partial charge in [0, 0.05) is 48.9 Å². The number of nitrogens with zero attached hydrogens (tertiary/aromatic N) is 3. The predicted molar refractivity (Wildman–Crippen MR) is 103 cm³/mol. The van der Waals surface area contributed by atoms with Crippen molar-refractivity contribution in [1.29, 1.82) is 0 Å². The molecule has 0 saturated carbocycles. The molecule has 2 fully saturated rings. The summed E-state index contributed by atoms with van der Waals surface area (Å²) in [5.74, 6) is 1.05. The van der Waals surface area contributed by atoms with Crippen LogP contribution in [0.1, 0.15) is 35.8 Å².